The van der Waals surface area contributed by atoms with E-state index in [1.165, 1.54) is 5.69 Å². The maximum absolute atomic E-state index is 13.1. The zero-order chi connectivity index (χ0) is 18.1. The second-order valence-corrected chi connectivity index (χ2v) is 7.44. The Morgan fingerprint density at radius 3 is 2.85 bits per heavy atom. The number of hydrogen-bond acceptors (Lipinski definition) is 3. The molecule has 1 aliphatic heterocycles. The van der Waals surface area contributed by atoms with E-state index in [1.54, 1.807) is 0 Å². The van der Waals surface area contributed by atoms with Crippen molar-refractivity contribution in [3.63, 3.8) is 0 Å². The fourth-order valence-electron chi connectivity index (χ4n) is 3.70. The Morgan fingerprint density at radius 2 is 2.04 bits per heavy atom. The Balaban J connectivity index is 1.59. The summed E-state index contributed by atoms with van der Waals surface area (Å²) in [4.78, 5) is 17.3. The smallest absolute Gasteiger partial charge is 0.289 e. The van der Waals surface area contributed by atoms with Gasteiger partial charge in [0.2, 0.25) is 0 Å². The van der Waals surface area contributed by atoms with Crippen LogP contribution in [0.15, 0.2) is 53.1 Å². The molecular formula is C21H25N3O2. The molecule has 1 amide bonds. The highest BCUT2D eigenvalue weighted by Gasteiger charge is 2.27. The topological polar surface area (TPSA) is 41.6 Å². The standard InChI is InChI=1S/C21H25N3O2/c1-22(2)11-9-16-13-23-10-5-7-18(23)15-24(14-16)21(25)20-12-17-6-3-4-8-19(17)26-20/h3-8,10,12,16H,9,11,13-15H2,1-2H3/t16-/m1/s1. The van der Waals surface area contributed by atoms with Crippen molar-refractivity contribution in [1.29, 1.82) is 0 Å². The Kier molecular flexibility index (Phi) is 4.55. The van der Waals surface area contributed by atoms with Gasteiger partial charge >= 0.3 is 0 Å². The third-order valence-electron chi connectivity index (χ3n) is 5.12. The lowest BCUT2D eigenvalue weighted by atomic mass is 10.0. The first kappa shape index (κ1) is 16.9. The molecule has 3 heterocycles. The minimum absolute atomic E-state index is 0.0225. The van der Waals surface area contributed by atoms with Crippen molar-refractivity contribution in [2.75, 3.05) is 27.2 Å². The lowest BCUT2D eigenvalue weighted by Crippen LogP contribution is -2.34. The Hall–Kier alpha value is -2.53. The summed E-state index contributed by atoms with van der Waals surface area (Å²) in [7, 11) is 4.18. The summed E-state index contributed by atoms with van der Waals surface area (Å²) in [6.07, 6.45) is 3.18. The second kappa shape index (κ2) is 7.00. The zero-order valence-electron chi connectivity index (χ0n) is 15.4. The predicted molar refractivity (Wildman–Crippen MR) is 102 cm³/mol. The molecule has 26 heavy (non-hydrogen) atoms. The van der Waals surface area contributed by atoms with Crippen LogP contribution in [0.1, 0.15) is 22.7 Å². The third-order valence-corrected chi connectivity index (χ3v) is 5.12. The van der Waals surface area contributed by atoms with Crippen LogP contribution in [0, 0.1) is 5.92 Å². The molecule has 0 bridgehead atoms. The van der Waals surface area contributed by atoms with Gasteiger partial charge in [0.25, 0.3) is 5.91 Å². The van der Waals surface area contributed by atoms with Gasteiger partial charge in [-0.3, -0.25) is 4.79 Å². The van der Waals surface area contributed by atoms with E-state index in [0.29, 0.717) is 18.2 Å². The molecule has 1 aromatic carbocycles. The molecule has 0 radical (unpaired) electrons. The van der Waals surface area contributed by atoms with E-state index in [1.807, 2.05) is 35.2 Å². The third kappa shape index (κ3) is 3.40. The molecule has 0 aliphatic carbocycles. The van der Waals surface area contributed by atoms with E-state index in [0.717, 1.165) is 37.0 Å². The van der Waals surface area contributed by atoms with E-state index in [2.05, 4.69) is 41.9 Å². The van der Waals surface area contributed by atoms with E-state index >= 15 is 0 Å². The normalized spacial score (nSPS) is 17.5. The summed E-state index contributed by atoms with van der Waals surface area (Å²) in [5, 5.41) is 0.971. The average Bonchev–Trinajstić information content (AvgIpc) is 3.21. The van der Waals surface area contributed by atoms with E-state index in [4.69, 9.17) is 4.42 Å². The fraction of sp³-hybridized carbons (Fsp3) is 0.381. The molecule has 0 fully saturated rings. The van der Waals surface area contributed by atoms with Gasteiger partial charge in [0.05, 0.1) is 6.54 Å². The highest BCUT2D eigenvalue weighted by Crippen LogP contribution is 2.24. The van der Waals surface area contributed by atoms with Crippen molar-refractivity contribution in [2.24, 2.45) is 5.92 Å². The van der Waals surface area contributed by atoms with E-state index in [-0.39, 0.29) is 5.91 Å². The van der Waals surface area contributed by atoms with E-state index in [9.17, 15) is 4.79 Å². The van der Waals surface area contributed by atoms with Crippen LogP contribution in [0.4, 0.5) is 0 Å². The first-order valence-corrected chi connectivity index (χ1v) is 9.17. The number of rotatable bonds is 4. The molecule has 0 saturated carbocycles. The maximum Gasteiger partial charge on any atom is 0.289 e. The van der Waals surface area contributed by atoms with Gasteiger partial charge in [0, 0.05) is 30.4 Å². The zero-order valence-corrected chi connectivity index (χ0v) is 15.4. The number of furan rings is 1. The second-order valence-electron chi connectivity index (χ2n) is 7.44. The van der Waals surface area contributed by atoms with Crippen molar-refractivity contribution < 1.29 is 9.21 Å². The summed E-state index contributed by atoms with van der Waals surface area (Å²) >= 11 is 0. The van der Waals surface area contributed by atoms with Gasteiger partial charge in [-0.15, -0.1) is 0 Å². The summed E-state index contributed by atoms with van der Waals surface area (Å²) in [5.41, 5.74) is 1.94. The number of aromatic nitrogens is 1. The highest BCUT2D eigenvalue weighted by molar-refractivity contribution is 5.96. The molecule has 0 spiro atoms. The molecule has 136 valence electrons. The van der Waals surface area contributed by atoms with Gasteiger partial charge in [0.1, 0.15) is 5.58 Å². The SMILES string of the molecule is CN(C)CC[C@H]1CN(C(=O)c2cc3ccccc3o2)Cc2cccn2C1. The van der Waals surface area contributed by atoms with Gasteiger partial charge in [-0.2, -0.15) is 0 Å². The minimum Gasteiger partial charge on any atom is -0.451 e. The molecule has 4 rings (SSSR count). The summed E-state index contributed by atoms with van der Waals surface area (Å²) in [6, 6.07) is 13.8. The molecule has 1 aliphatic rings. The van der Waals surface area contributed by atoms with Crippen molar-refractivity contribution >= 4 is 16.9 Å². The Morgan fingerprint density at radius 1 is 1.19 bits per heavy atom. The van der Waals surface area contributed by atoms with Crippen LogP contribution < -0.4 is 0 Å². The fourth-order valence-corrected chi connectivity index (χ4v) is 3.70. The molecular weight excluding hydrogens is 326 g/mol. The van der Waals surface area contributed by atoms with Crippen LogP contribution >= 0.6 is 0 Å². The van der Waals surface area contributed by atoms with Crippen LogP contribution in [0.5, 0.6) is 0 Å². The largest absolute Gasteiger partial charge is 0.451 e. The number of fused-ring (bicyclic) bond motifs is 2. The molecule has 0 N–H and O–H groups in total. The maximum atomic E-state index is 13.1. The van der Waals surface area contributed by atoms with Gasteiger partial charge in [0.15, 0.2) is 5.76 Å². The van der Waals surface area contributed by atoms with Gasteiger partial charge in [-0.05, 0) is 57.2 Å². The van der Waals surface area contributed by atoms with E-state index < -0.39 is 0 Å². The first-order chi connectivity index (χ1) is 12.6. The quantitative estimate of drug-likeness (QED) is 0.723. The number of para-hydroxylation sites is 1. The molecule has 0 saturated heterocycles. The summed E-state index contributed by atoms with van der Waals surface area (Å²) in [6.45, 7) is 3.36. The monoisotopic (exact) mass is 351 g/mol. The number of carbonyl (C=O) groups excluding carboxylic acids is 1. The molecule has 1 atom stereocenters. The lowest BCUT2D eigenvalue weighted by Gasteiger charge is -2.24. The van der Waals surface area contributed by atoms with Crippen LogP contribution in [0.2, 0.25) is 0 Å². The molecule has 0 unspecified atom stereocenters. The summed E-state index contributed by atoms with van der Waals surface area (Å²) in [5.74, 6) is 0.836. The Labute approximate surface area is 153 Å². The van der Waals surface area contributed by atoms with Crippen LogP contribution in [0.3, 0.4) is 0 Å². The lowest BCUT2D eigenvalue weighted by molar-refractivity contribution is 0.0686. The molecule has 3 aromatic rings. The van der Waals surface area contributed by atoms with Gasteiger partial charge in [-0.25, -0.2) is 0 Å². The number of nitrogens with zero attached hydrogens (tertiary/aromatic N) is 3. The van der Waals surface area contributed by atoms with Crippen LogP contribution in [0.25, 0.3) is 11.0 Å². The number of amides is 1. The molecule has 5 nitrogen and oxygen atoms in total. The van der Waals surface area contributed by atoms with Crippen molar-refractivity contribution in [3.8, 4) is 0 Å². The van der Waals surface area contributed by atoms with Crippen molar-refractivity contribution in [1.82, 2.24) is 14.4 Å². The summed E-state index contributed by atoms with van der Waals surface area (Å²) < 4.78 is 8.10. The van der Waals surface area contributed by atoms with Gasteiger partial charge < -0.3 is 18.8 Å². The van der Waals surface area contributed by atoms with Crippen molar-refractivity contribution in [3.05, 3.63) is 60.1 Å². The Bertz CT molecular complexity index is 876. The first-order valence-electron chi connectivity index (χ1n) is 9.17. The van der Waals surface area contributed by atoms with Crippen LogP contribution in [-0.4, -0.2) is 47.5 Å². The number of carbonyl (C=O) groups is 1. The minimum atomic E-state index is -0.0225. The van der Waals surface area contributed by atoms with Gasteiger partial charge in [-0.1, -0.05) is 18.2 Å². The highest BCUT2D eigenvalue weighted by atomic mass is 16.3. The molecule has 2 aromatic heterocycles. The number of benzene rings is 1. The average molecular weight is 351 g/mol. The molecule has 5 heteroatoms. The van der Waals surface area contributed by atoms with Crippen LogP contribution in [-0.2, 0) is 13.1 Å². The predicted octanol–water partition coefficient (Wildman–Crippen LogP) is 3.46. The van der Waals surface area contributed by atoms with Crippen molar-refractivity contribution in [2.45, 2.75) is 19.5 Å². The number of hydrogen-bond donors (Lipinski definition) is 0.